The molecule has 0 fully saturated rings. The van der Waals surface area contributed by atoms with Crippen LogP contribution in [0.5, 0.6) is 17.2 Å². The molecule has 0 aliphatic carbocycles. The lowest BCUT2D eigenvalue weighted by Crippen LogP contribution is -2.28. The third kappa shape index (κ3) is 5.35. The lowest BCUT2D eigenvalue weighted by Gasteiger charge is -2.17. The summed E-state index contributed by atoms with van der Waals surface area (Å²) in [6.07, 6.45) is 0.851. The number of para-hydroxylation sites is 1. The molecule has 0 spiro atoms. The standard InChI is InChI=1S/C26H21ClO6/c1-2-21(26(29)31-15-17-8-4-3-5-9-17)32-18-12-13-19-23(14-18)30-16-24(25(19)28)33-22-11-7-6-10-20(22)27/h3-14,16,21H,2,15H2,1H3. The minimum atomic E-state index is -0.791. The first-order chi connectivity index (χ1) is 16.0. The highest BCUT2D eigenvalue weighted by atomic mass is 35.5. The van der Waals surface area contributed by atoms with Crippen molar-refractivity contribution in [1.82, 2.24) is 0 Å². The molecule has 0 amide bonds. The van der Waals surface area contributed by atoms with Gasteiger partial charge in [0.05, 0.1) is 10.4 Å². The number of hydrogen-bond acceptors (Lipinski definition) is 6. The Morgan fingerprint density at radius 3 is 2.52 bits per heavy atom. The summed E-state index contributed by atoms with van der Waals surface area (Å²) in [6.45, 7) is 1.99. The van der Waals surface area contributed by atoms with E-state index in [1.54, 1.807) is 42.5 Å². The Morgan fingerprint density at radius 2 is 1.76 bits per heavy atom. The van der Waals surface area contributed by atoms with Crippen molar-refractivity contribution in [1.29, 1.82) is 0 Å². The van der Waals surface area contributed by atoms with Gasteiger partial charge in [-0.3, -0.25) is 4.79 Å². The highest BCUT2D eigenvalue weighted by Crippen LogP contribution is 2.29. The van der Waals surface area contributed by atoms with Crippen LogP contribution in [0.1, 0.15) is 18.9 Å². The van der Waals surface area contributed by atoms with Gasteiger partial charge in [-0.25, -0.2) is 4.79 Å². The van der Waals surface area contributed by atoms with Crippen LogP contribution in [0.15, 0.2) is 88.3 Å². The maximum Gasteiger partial charge on any atom is 0.347 e. The average Bonchev–Trinajstić information content (AvgIpc) is 2.84. The SMILES string of the molecule is CCC(Oc1ccc2c(=O)c(Oc3ccccc3Cl)coc2c1)C(=O)OCc1ccccc1. The van der Waals surface area contributed by atoms with E-state index in [2.05, 4.69) is 0 Å². The zero-order valence-corrected chi connectivity index (χ0v) is 18.6. The van der Waals surface area contributed by atoms with Gasteiger partial charge < -0.3 is 18.6 Å². The van der Waals surface area contributed by atoms with Crippen molar-refractivity contribution in [3.63, 3.8) is 0 Å². The van der Waals surface area contributed by atoms with Gasteiger partial charge in [-0.2, -0.15) is 0 Å². The Labute approximate surface area is 195 Å². The fourth-order valence-corrected chi connectivity index (χ4v) is 3.34. The van der Waals surface area contributed by atoms with Crippen molar-refractivity contribution in [2.75, 3.05) is 0 Å². The van der Waals surface area contributed by atoms with E-state index < -0.39 is 12.1 Å². The largest absolute Gasteiger partial charge is 0.479 e. The predicted octanol–water partition coefficient (Wildman–Crippen LogP) is 6.14. The molecule has 33 heavy (non-hydrogen) atoms. The third-order valence-corrected chi connectivity index (χ3v) is 5.22. The van der Waals surface area contributed by atoms with Crippen molar-refractivity contribution >= 4 is 28.5 Å². The van der Waals surface area contributed by atoms with E-state index in [1.165, 1.54) is 6.26 Å². The van der Waals surface area contributed by atoms with Gasteiger partial charge in [-0.1, -0.05) is 61.0 Å². The fraction of sp³-hybridized carbons (Fsp3) is 0.154. The van der Waals surface area contributed by atoms with E-state index in [9.17, 15) is 9.59 Å². The average molecular weight is 465 g/mol. The molecule has 1 heterocycles. The van der Waals surface area contributed by atoms with E-state index in [1.807, 2.05) is 37.3 Å². The van der Waals surface area contributed by atoms with Crippen LogP contribution in [0.4, 0.5) is 0 Å². The second-order valence-corrected chi connectivity index (χ2v) is 7.63. The first kappa shape index (κ1) is 22.4. The predicted molar refractivity (Wildman–Crippen MR) is 125 cm³/mol. The van der Waals surface area contributed by atoms with Crippen LogP contribution < -0.4 is 14.9 Å². The number of ether oxygens (including phenoxy) is 3. The molecule has 0 saturated heterocycles. The number of esters is 1. The molecule has 0 radical (unpaired) electrons. The minimum Gasteiger partial charge on any atom is -0.479 e. The highest BCUT2D eigenvalue weighted by molar-refractivity contribution is 6.32. The summed E-state index contributed by atoms with van der Waals surface area (Å²) in [4.78, 5) is 25.3. The van der Waals surface area contributed by atoms with Crippen LogP contribution in [-0.2, 0) is 16.1 Å². The third-order valence-electron chi connectivity index (χ3n) is 4.91. The maximum atomic E-state index is 12.8. The van der Waals surface area contributed by atoms with Gasteiger partial charge in [-0.15, -0.1) is 0 Å². The molecule has 0 saturated carbocycles. The Morgan fingerprint density at radius 1 is 1.00 bits per heavy atom. The summed E-state index contributed by atoms with van der Waals surface area (Å²) >= 11 is 6.10. The minimum absolute atomic E-state index is 0.0141. The molecule has 4 rings (SSSR count). The summed E-state index contributed by atoms with van der Waals surface area (Å²) in [6, 6.07) is 21.0. The zero-order valence-electron chi connectivity index (χ0n) is 17.8. The Balaban J connectivity index is 1.48. The summed E-state index contributed by atoms with van der Waals surface area (Å²) in [5.41, 5.74) is 0.844. The Kier molecular flexibility index (Phi) is 6.95. The number of rotatable bonds is 8. The van der Waals surface area contributed by atoms with Crippen molar-refractivity contribution in [2.24, 2.45) is 0 Å². The molecule has 0 bridgehead atoms. The number of fused-ring (bicyclic) bond motifs is 1. The smallest absolute Gasteiger partial charge is 0.347 e. The van der Waals surface area contributed by atoms with E-state index in [-0.39, 0.29) is 17.8 Å². The Hall–Kier alpha value is -3.77. The summed E-state index contributed by atoms with van der Waals surface area (Å²) < 4.78 is 22.4. The second-order valence-electron chi connectivity index (χ2n) is 7.23. The van der Waals surface area contributed by atoms with Gasteiger partial charge >= 0.3 is 5.97 Å². The van der Waals surface area contributed by atoms with Crippen molar-refractivity contribution < 1.29 is 23.4 Å². The molecule has 4 aromatic rings. The van der Waals surface area contributed by atoms with Crippen LogP contribution in [0, 0.1) is 0 Å². The fourth-order valence-electron chi connectivity index (χ4n) is 3.16. The molecule has 0 N–H and O–H groups in total. The van der Waals surface area contributed by atoms with Gasteiger partial charge in [0.2, 0.25) is 11.2 Å². The number of halogens is 1. The number of carbonyl (C=O) groups is 1. The number of benzene rings is 3. The van der Waals surface area contributed by atoms with Gasteiger partial charge in [0.25, 0.3) is 0 Å². The maximum absolute atomic E-state index is 12.8. The molecular formula is C26H21ClO6. The molecule has 1 aromatic heterocycles. The molecule has 1 atom stereocenters. The first-order valence-corrected chi connectivity index (χ1v) is 10.8. The van der Waals surface area contributed by atoms with Crippen LogP contribution in [-0.4, -0.2) is 12.1 Å². The normalized spacial score (nSPS) is 11.7. The monoisotopic (exact) mass is 464 g/mol. The van der Waals surface area contributed by atoms with Crippen molar-refractivity contribution in [3.8, 4) is 17.2 Å². The second kappa shape index (κ2) is 10.2. The zero-order chi connectivity index (χ0) is 23.2. The van der Waals surface area contributed by atoms with E-state index in [0.717, 1.165) is 5.56 Å². The molecule has 168 valence electrons. The van der Waals surface area contributed by atoms with Crippen LogP contribution in [0.25, 0.3) is 11.0 Å². The van der Waals surface area contributed by atoms with Gasteiger partial charge in [0, 0.05) is 6.07 Å². The van der Waals surface area contributed by atoms with Gasteiger partial charge in [0.1, 0.15) is 30.0 Å². The van der Waals surface area contributed by atoms with Gasteiger partial charge in [-0.05, 0) is 36.2 Å². The molecule has 1 unspecified atom stereocenters. The molecule has 3 aromatic carbocycles. The van der Waals surface area contributed by atoms with Crippen LogP contribution in [0.2, 0.25) is 5.02 Å². The molecule has 0 aliphatic heterocycles. The molecule has 6 nitrogen and oxygen atoms in total. The van der Waals surface area contributed by atoms with Crippen molar-refractivity contribution in [2.45, 2.75) is 26.1 Å². The van der Waals surface area contributed by atoms with E-state index in [0.29, 0.717) is 33.9 Å². The summed E-state index contributed by atoms with van der Waals surface area (Å²) in [5.74, 6) is 0.283. The summed E-state index contributed by atoms with van der Waals surface area (Å²) in [7, 11) is 0. The van der Waals surface area contributed by atoms with E-state index >= 15 is 0 Å². The molecule has 0 aliphatic rings. The molecule has 7 heteroatoms. The van der Waals surface area contributed by atoms with Gasteiger partial charge in [0.15, 0.2) is 6.10 Å². The van der Waals surface area contributed by atoms with E-state index in [4.69, 9.17) is 30.2 Å². The Bertz CT molecular complexity index is 1320. The van der Waals surface area contributed by atoms with Crippen molar-refractivity contribution in [3.05, 3.63) is 99.9 Å². The number of carbonyl (C=O) groups excluding carboxylic acids is 1. The summed E-state index contributed by atoms with van der Waals surface area (Å²) in [5, 5.41) is 0.692. The highest BCUT2D eigenvalue weighted by Gasteiger charge is 2.21. The van der Waals surface area contributed by atoms with Crippen LogP contribution in [0.3, 0.4) is 0 Å². The first-order valence-electron chi connectivity index (χ1n) is 10.4. The quantitative estimate of drug-likeness (QED) is 0.291. The topological polar surface area (TPSA) is 75.0 Å². The van der Waals surface area contributed by atoms with Crippen LogP contribution >= 0.6 is 11.6 Å². The lowest BCUT2D eigenvalue weighted by atomic mass is 10.2. The molecular weight excluding hydrogens is 444 g/mol. The number of hydrogen-bond donors (Lipinski definition) is 0. The lowest BCUT2D eigenvalue weighted by molar-refractivity contribution is -0.153.